The first-order valence-corrected chi connectivity index (χ1v) is 11.6. The first kappa shape index (κ1) is 27.1. The Labute approximate surface area is 214 Å². The molecule has 1 aliphatic rings. The Balaban J connectivity index is 1.74. The summed E-state index contributed by atoms with van der Waals surface area (Å²) < 4.78 is 11.0. The average molecular weight is 509 g/mol. The molecule has 0 aliphatic carbocycles. The van der Waals surface area contributed by atoms with E-state index in [2.05, 4.69) is 5.32 Å². The van der Waals surface area contributed by atoms with E-state index in [1.165, 1.54) is 29.2 Å². The summed E-state index contributed by atoms with van der Waals surface area (Å²) in [7, 11) is 0. The molecule has 2 aromatic carbocycles. The Morgan fingerprint density at radius 2 is 1.76 bits per heavy atom. The van der Waals surface area contributed by atoms with Gasteiger partial charge in [-0.05, 0) is 57.5 Å². The lowest BCUT2D eigenvalue weighted by Gasteiger charge is -2.28. The molecule has 0 aromatic heterocycles. The SMILES string of the molecule is CC(NC(=O)[C@@H]1C[C@@H](OC(=O)c2ccc([N+](=O)[O-])cc2)CN1C(=O)OC(C)(C)C)c1ccc(C#N)cc1. The number of benzene rings is 2. The van der Waals surface area contributed by atoms with Gasteiger partial charge in [0.2, 0.25) is 5.91 Å². The molecule has 11 heteroatoms. The van der Waals surface area contributed by atoms with E-state index in [9.17, 15) is 24.5 Å². The lowest BCUT2D eigenvalue weighted by Crippen LogP contribution is -2.48. The van der Waals surface area contributed by atoms with Gasteiger partial charge in [-0.25, -0.2) is 9.59 Å². The number of nitriles is 1. The van der Waals surface area contributed by atoms with Crippen LogP contribution in [0.5, 0.6) is 0 Å². The normalized spacial score (nSPS) is 17.9. The first-order valence-electron chi connectivity index (χ1n) is 11.6. The summed E-state index contributed by atoms with van der Waals surface area (Å²) in [5, 5.41) is 22.7. The van der Waals surface area contributed by atoms with Gasteiger partial charge in [0, 0.05) is 18.6 Å². The zero-order chi connectivity index (χ0) is 27.3. The van der Waals surface area contributed by atoms with Gasteiger partial charge >= 0.3 is 12.1 Å². The van der Waals surface area contributed by atoms with Crippen LogP contribution >= 0.6 is 0 Å². The standard InChI is InChI=1S/C26H28N4O7/c1-16(18-7-5-17(14-27)6-8-18)28-23(31)22-13-21(15-29(22)25(33)37-26(2,3)4)36-24(32)19-9-11-20(12-10-19)30(34)35/h5-12,16,21-22H,13,15H2,1-4H3,(H,28,31)/t16?,21-,22+/m1/s1. The topological polar surface area (TPSA) is 152 Å². The lowest BCUT2D eigenvalue weighted by atomic mass is 10.1. The van der Waals surface area contributed by atoms with Crippen molar-refractivity contribution in [3.63, 3.8) is 0 Å². The van der Waals surface area contributed by atoms with Crippen LogP contribution in [0, 0.1) is 21.4 Å². The number of hydrogen-bond acceptors (Lipinski definition) is 8. The van der Waals surface area contributed by atoms with Gasteiger partial charge in [-0.2, -0.15) is 5.26 Å². The molecule has 1 N–H and O–H groups in total. The predicted octanol–water partition coefficient (Wildman–Crippen LogP) is 3.88. The largest absolute Gasteiger partial charge is 0.457 e. The summed E-state index contributed by atoms with van der Waals surface area (Å²) in [6, 6.07) is 12.4. The number of nitrogens with one attached hydrogen (secondary N) is 1. The molecular weight excluding hydrogens is 480 g/mol. The third-order valence-corrected chi connectivity index (χ3v) is 5.68. The number of esters is 1. The summed E-state index contributed by atoms with van der Waals surface area (Å²) in [5.41, 5.74) is 0.405. The van der Waals surface area contributed by atoms with E-state index in [4.69, 9.17) is 14.7 Å². The summed E-state index contributed by atoms with van der Waals surface area (Å²) >= 11 is 0. The quantitative estimate of drug-likeness (QED) is 0.351. The maximum absolute atomic E-state index is 13.2. The average Bonchev–Trinajstić information content (AvgIpc) is 3.27. The second-order valence-corrected chi connectivity index (χ2v) is 9.68. The van der Waals surface area contributed by atoms with Gasteiger partial charge in [-0.1, -0.05) is 12.1 Å². The van der Waals surface area contributed by atoms with Gasteiger partial charge in [0.1, 0.15) is 17.7 Å². The van der Waals surface area contributed by atoms with E-state index in [0.29, 0.717) is 5.56 Å². The summed E-state index contributed by atoms with van der Waals surface area (Å²) in [5.74, 6) is -1.17. The summed E-state index contributed by atoms with van der Waals surface area (Å²) in [4.78, 5) is 50.2. The molecule has 0 bridgehead atoms. The highest BCUT2D eigenvalue weighted by Gasteiger charge is 2.43. The van der Waals surface area contributed by atoms with E-state index in [0.717, 1.165) is 5.56 Å². The number of nitrogens with zero attached hydrogens (tertiary/aromatic N) is 3. The Hall–Kier alpha value is -4.46. The molecule has 1 fully saturated rings. The van der Waals surface area contributed by atoms with Gasteiger partial charge in [-0.15, -0.1) is 0 Å². The van der Waals surface area contributed by atoms with Crippen LogP contribution < -0.4 is 5.32 Å². The Morgan fingerprint density at radius 1 is 1.14 bits per heavy atom. The molecule has 1 saturated heterocycles. The third kappa shape index (κ3) is 7.04. The predicted molar refractivity (Wildman–Crippen MR) is 131 cm³/mol. The minimum atomic E-state index is -0.953. The van der Waals surface area contributed by atoms with Gasteiger partial charge in [0.15, 0.2) is 0 Å². The Morgan fingerprint density at radius 3 is 2.30 bits per heavy atom. The molecule has 0 radical (unpaired) electrons. The van der Waals surface area contributed by atoms with Crippen molar-refractivity contribution in [1.82, 2.24) is 10.2 Å². The molecule has 0 spiro atoms. The first-order chi connectivity index (χ1) is 17.4. The van der Waals surface area contributed by atoms with Crippen LogP contribution in [-0.2, 0) is 14.3 Å². The molecule has 3 rings (SSSR count). The number of nitro groups is 1. The number of ether oxygens (including phenoxy) is 2. The fourth-order valence-corrected chi connectivity index (χ4v) is 3.83. The number of non-ortho nitro benzene ring substituents is 1. The molecule has 11 nitrogen and oxygen atoms in total. The fourth-order valence-electron chi connectivity index (χ4n) is 3.83. The Bertz CT molecular complexity index is 1210. The van der Waals surface area contributed by atoms with Crippen molar-refractivity contribution in [3.05, 3.63) is 75.3 Å². The molecule has 3 atom stereocenters. The maximum Gasteiger partial charge on any atom is 0.411 e. The van der Waals surface area contributed by atoms with Crippen LogP contribution in [0.15, 0.2) is 48.5 Å². The highest BCUT2D eigenvalue weighted by atomic mass is 16.6. The van der Waals surface area contributed by atoms with Crippen molar-refractivity contribution in [2.75, 3.05) is 6.54 Å². The number of hydrogen-bond donors (Lipinski definition) is 1. The van der Waals surface area contributed by atoms with Crippen LogP contribution in [0.1, 0.15) is 61.6 Å². The monoisotopic (exact) mass is 508 g/mol. The number of amides is 2. The van der Waals surface area contributed by atoms with E-state index < -0.39 is 46.7 Å². The van der Waals surface area contributed by atoms with Crippen LogP contribution in [0.25, 0.3) is 0 Å². The van der Waals surface area contributed by atoms with Crippen LogP contribution in [0.4, 0.5) is 10.5 Å². The second kappa shape index (κ2) is 11.1. The van der Waals surface area contributed by atoms with Crippen molar-refractivity contribution >= 4 is 23.7 Å². The van der Waals surface area contributed by atoms with Gasteiger partial charge in [0.25, 0.3) is 5.69 Å². The highest BCUT2D eigenvalue weighted by Crippen LogP contribution is 2.26. The fraction of sp³-hybridized carbons (Fsp3) is 0.385. The number of carbonyl (C=O) groups is 3. The number of nitro benzene ring substituents is 1. The number of rotatable bonds is 6. The van der Waals surface area contributed by atoms with Crippen LogP contribution in [0.2, 0.25) is 0 Å². The molecule has 1 aliphatic heterocycles. The zero-order valence-electron chi connectivity index (χ0n) is 21.0. The van der Waals surface area contributed by atoms with E-state index in [-0.39, 0.29) is 24.2 Å². The molecule has 37 heavy (non-hydrogen) atoms. The third-order valence-electron chi connectivity index (χ3n) is 5.68. The second-order valence-electron chi connectivity index (χ2n) is 9.68. The highest BCUT2D eigenvalue weighted by molar-refractivity contribution is 5.90. The molecule has 2 amide bonds. The van der Waals surface area contributed by atoms with Crippen molar-refractivity contribution in [2.45, 2.75) is 57.9 Å². The zero-order valence-corrected chi connectivity index (χ0v) is 21.0. The Kier molecular flexibility index (Phi) is 8.12. The van der Waals surface area contributed by atoms with E-state index >= 15 is 0 Å². The molecule has 2 aromatic rings. The molecule has 1 heterocycles. The van der Waals surface area contributed by atoms with E-state index in [1.54, 1.807) is 52.0 Å². The van der Waals surface area contributed by atoms with Crippen molar-refractivity contribution < 1.29 is 28.8 Å². The van der Waals surface area contributed by atoms with Gasteiger partial charge in [0.05, 0.1) is 34.7 Å². The minimum Gasteiger partial charge on any atom is -0.457 e. The van der Waals surface area contributed by atoms with Crippen LogP contribution in [-0.4, -0.2) is 52.1 Å². The van der Waals surface area contributed by atoms with Gasteiger partial charge in [-0.3, -0.25) is 19.8 Å². The number of carbonyl (C=O) groups excluding carboxylic acids is 3. The minimum absolute atomic E-state index is 0.0455. The van der Waals surface area contributed by atoms with Crippen molar-refractivity contribution in [2.24, 2.45) is 0 Å². The number of likely N-dealkylation sites (tertiary alicyclic amines) is 1. The van der Waals surface area contributed by atoms with Crippen LogP contribution in [0.3, 0.4) is 0 Å². The molecule has 1 unspecified atom stereocenters. The lowest BCUT2D eigenvalue weighted by molar-refractivity contribution is -0.384. The smallest absolute Gasteiger partial charge is 0.411 e. The van der Waals surface area contributed by atoms with Gasteiger partial charge < -0.3 is 14.8 Å². The van der Waals surface area contributed by atoms with E-state index in [1.807, 2.05) is 6.07 Å². The molecule has 0 saturated carbocycles. The molecule has 194 valence electrons. The summed E-state index contributed by atoms with van der Waals surface area (Å²) in [6.45, 7) is 6.83. The molecular formula is C26H28N4O7. The van der Waals surface area contributed by atoms with Crippen molar-refractivity contribution in [3.8, 4) is 6.07 Å². The maximum atomic E-state index is 13.2. The van der Waals surface area contributed by atoms with Crippen molar-refractivity contribution in [1.29, 1.82) is 5.26 Å². The summed E-state index contributed by atoms with van der Waals surface area (Å²) in [6.07, 6.45) is -1.46.